The fourth-order valence-electron chi connectivity index (χ4n) is 1.38. The molecule has 0 aromatic heterocycles. The van der Waals surface area contributed by atoms with E-state index in [-0.39, 0.29) is 5.92 Å². The van der Waals surface area contributed by atoms with Crippen LogP contribution in [-0.4, -0.2) is 17.0 Å². The molecule has 0 aliphatic heterocycles. The Hall–Kier alpha value is -1.08. The highest BCUT2D eigenvalue weighted by Gasteiger charge is 2.26. The first-order valence-corrected chi connectivity index (χ1v) is 4.51. The molecule has 3 heteroatoms. The fraction of sp³-hybridized carbons (Fsp3) is 0.700. The summed E-state index contributed by atoms with van der Waals surface area (Å²) in [5.74, 6) is 0.0986. The molecule has 3 nitrogen and oxygen atoms in total. The van der Waals surface area contributed by atoms with Crippen LogP contribution in [0.3, 0.4) is 0 Å². The van der Waals surface area contributed by atoms with E-state index in [1.807, 2.05) is 6.92 Å². The Bertz CT molecular complexity index is 224. The maximum atomic E-state index is 10.8. The summed E-state index contributed by atoms with van der Waals surface area (Å²) in [6.45, 7) is 5.51. The van der Waals surface area contributed by atoms with Crippen LogP contribution < -0.4 is 0 Å². The van der Waals surface area contributed by atoms with E-state index in [4.69, 9.17) is 5.11 Å². The van der Waals surface area contributed by atoms with Crippen LogP contribution in [0.5, 0.6) is 0 Å². The summed E-state index contributed by atoms with van der Waals surface area (Å²) < 4.78 is 0. The average molecular weight is 184 g/mol. The molecule has 13 heavy (non-hydrogen) atoms. The Balaban J connectivity index is 4.71. The van der Waals surface area contributed by atoms with Crippen molar-refractivity contribution in [1.29, 1.82) is 0 Å². The van der Waals surface area contributed by atoms with Crippen LogP contribution in [0.15, 0.2) is 5.57 Å². The van der Waals surface area contributed by atoms with Gasteiger partial charge in [-0.25, -0.2) is 4.79 Å². The van der Waals surface area contributed by atoms with Crippen LogP contribution in [0.25, 0.3) is 0 Å². The predicted molar refractivity (Wildman–Crippen MR) is 50.1 cm³/mol. The lowest BCUT2D eigenvalue weighted by Gasteiger charge is -2.16. The van der Waals surface area contributed by atoms with Crippen LogP contribution in [-0.2, 0) is 9.59 Å². The quantitative estimate of drug-likeness (QED) is 0.664. The zero-order chi connectivity index (χ0) is 10.4. The summed E-state index contributed by atoms with van der Waals surface area (Å²) >= 11 is 0. The number of aliphatic carboxylic acids is 1. The lowest BCUT2D eigenvalue weighted by molar-refractivity contribution is -0.141. The third kappa shape index (κ3) is 3.43. The van der Waals surface area contributed by atoms with Gasteiger partial charge < -0.3 is 5.11 Å². The summed E-state index contributed by atoms with van der Waals surface area (Å²) in [4.78, 5) is 21.3. The van der Waals surface area contributed by atoms with Crippen molar-refractivity contribution >= 4 is 11.9 Å². The highest BCUT2D eigenvalue weighted by molar-refractivity contribution is 5.77. The van der Waals surface area contributed by atoms with Gasteiger partial charge in [0.15, 0.2) is 0 Å². The van der Waals surface area contributed by atoms with E-state index in [1.54, 1.807) is 19.8 Å². The highest BCUT2D eigenvalue weighted by Crippen LogP contribution is 2.22. The van der Waals surface area contributed by atoms with Crippen LogP contribution >= 0.6 is 0 Å². The molecule has 0 radical (unpaired) electrons. The third-order valence-electron chi connectivity index (χ3n) is 1.96. The molecule has 1 N–H and O–H groups in total. The van der Waals surface area contributed by atoms with Gasteiger partial charge >= 0.3 is 5.97 Å². The second kappa shape index (κ2) is 5.55. The lowest BCUT2D eigenvalue weighted by Crippen LogP contribution is -2.22. The van der Waals surface area contributed by atoms with Crippen LogP contribution in [0.2, 0.25) is 0 Å². The summed E-state index contributed by atoms with van der Waals surface area (Å²) in [6, 6.07) is 0. The zero-order valence-electron chi connectivity index (χ0n) is 8.33. The summed E-state index contributed by atoms with van der Waals surface area (Å²) in [5.41, 5.74) is 0.380. The Kier molecular flexibility index (Phi) is 5.09. The Morgan fingerprint density at radius 3 is 2.23 bits per heavy atom. The first-order chi connectivity index (χ1) is 6.04. The summed E-state index contributed by atoms with van der Waals surface area (Å²) in [5, 5.41) is 8.87. The molecule has 0 aromatic carbocycles. The summed E-state index contributed by atoms with van der Waals surface area (Å²) in [7, 11) is 0. The molecule has 0 rings (SSSR count). The Labute approximate surface area is 78.5 Å². The Morgan fingerprint density at radius 2 is 2.00 bits per heavy atom. The molecule has 0 amide bonds. The van der Waals surface area contributed by atoms with Crippen molar-refractivity contribution < 1.29 is 14.7 Å². The molecule has 0 saturated heterocycles. The molecule has 0 bridgehead atoms. The number of rotatable bonds is 5. The molecule has 0 saturated carbocycles. The van der Waals surface area contributed by atoms with Gasteiger partial charge in [-0.1, -0.05) is 27.2 Å². The molecule has 0 fully saturated rings. The zero-order valence-corrected chi connectivity index (χ0v) is 8.33. The average Bonchev–Trinajstić information content (AvgIpc) is 2.02. The smallest absolute Gasteiger partial charge is 0.311 e. The van der Waals surface area contributed by atoms with Gasteiger partial charge in [-0.05, 0) is 12.3 Å². The van der Waals surface area contributed by atoms with Gasteiger partial charge in [0.2, 0.25) is 0 Å². The number of carbonyl (C=O) groups excluding carboxylic acids is 1. The van der Waals surface area contributed by atoms with E-state index in [1.165, 1.54) is 0 Å². The number of hydrogen-bond donors (Lipinski definition) is 1. The molecular formula is C10H16O3. The van der Waals surface area contributed by atoms with Crippen molar-refractivity contribution in [2.75, 3.05) is 0 Å². The molecular weight excluding hydrogens is 168 g/mol. The van der Waals surface area contributed by atoms with Crippen LogP contribution in [0.1, 0.15) is 33.6 Å². The maximum Gasteiger partial charge on any atom is 0.311 e. The molecule has 0 heterocycles. The van der Waals surface area contributed by atoms with Crippen LogP contribution in [0, 0.1) is 11.8 Å². The molecule has 1 atom stereocenters. The molecule has 0 unspecified atom stereocenters. The van der Waals surface area contributed by atoms with Gasteiger partial charge in [-0.3, -0.25) is 4.79 Å². The number of carboxylic acids is 1. The molecule has 0 aromatic rings. The molecule has 0 aliphatic rings. The lowest BCUT2D eigenvalue weighted by atomic mass is 9.87. The number of carbonyl (C=O) groups is 1. The van der Waals surface area contributed by atoms with Gasteiger partial charge in [0, 0.05) is 5.57 Å². The van der Waals surface area contributed by atoms with Gasteiger partial charge in [-0.15, -0.1) is 0 Å². The minimum Gasteiger partial charge on any atom is -0.481 e. The predicted octanol–water partition coefficient (Wildman–Crippen LogP) is 1.90. The van der Waals surface area contributed by atoms with Crippen molar-refractivity contribution in [2.24, 2.45) is 11.8 Å². The van der Waals surface area contributed by atoms with Crippen molar-refractivity contribution in [3.8, 4) is 0 Å². The van der Waals surface area contributed by atoms with E-state index in [0.29, 0.717) is 12.0 Å². The SMILES string of the molecule is CCCC(=C=O)[C@H](C(=O)O)C(C)C. The Morgan fingerprint density at radius 1 is 1.46 bits per heavy atom. The fourth-order valence-corrected chi connectivity index (χ4v) is 1.38. The second-order valence-corrected chi connectivity index (χ2v) is 3.44. The monoisotopic (exact) mass is 184 g/mol. The first-order valence-electron chi connectivity index (χ1n) is 4.51. The van der Waals surface area contributed by atoms with Crippen molar-refractivity contribution in [2.45, 2.75) is 33.6 Å². The number of hydrogen-bond acceptors (Lipinski definition) is 2. The first kappa shape index (κ1) is 11.9. The molecule has 74 valence electrons. The minimum atomic E-state index is -0.929. The standard InChI is InChI=1S/C10H16O3/c1-4-5-8(6-11)9(7(2)3)10(12)13/h7,9H,4-5H2,1-3H3,(H,12,13)/t9-/m1/s1. The molecule has 0 spiro atoms. The van der Waals surface area contributed by atoms with E-state index in [9.17, 15) is 9.59 Å². The van der Waals surface area contributed by atoms with Gasteiger partial charge in [-0.2, -0.15) is 0 Å². The van der Waals surface area contributed by atoms with Gasteiger partial charge in [0.1, 0.15) is 5.94 Å². The maximum absolute atomic E-state index is 10.8. The topological polar surface area (TPSA) is 54.4 Å². The van der Waals surface area contributed by atoms with Crippen molar-refractivity contribution in [3.05, 3.63) is 5.57 Å². The molecule has 0 aliphatic carbocycles. The summed E-state index contributed by atoms with van der Waals surface area (Å²) in [6.07, 6.45) is 1.31. The van der Waals surface area contributed by atoms with Gasteiger partial charge in [0.05, 0.1) is 5.92 Å². The van der Waals surface area contributed by atoms with E-state index < -0.39 is 11.9 Å². The van der Waals surface area contributed by atoms with Crippen LogP contribution in [0.4, 0.5) is 0 Å². The van der Waals surface area contributed by atoms with Crippen molar-refractivity contribution in [3.63, 3.8) is 0 Å². The minimum absolute atomic E-state index is 0.0551. The van der Waals surface area contributed by atoms with E-state index in [0.717, 1.165) is 6.42 Å². The van der Waals surface area contributed by atoms with Crippen molar-refractivity contribution in [1.82, 2.24) is 0 Å². The van der Waals surface area contributed by atoms with Gasteiger partial charge in [0.25, 0.3) is 0 Å². The number of carboxylic acid groups (broad SMARTS) is 1. The second-order valence-electron chi connectivity index (χ2n) is 3.44. The van der Waals surface area contributed by atoms with E-state index in [2.05, 4.69) is 0 Å². The largest absolute Gasteiger partial charge is 0.481 e. The normalized spacial score (nSPS) is 12.3. The third-order valence-corrected chi connectivity index (χ3v) is 1.96. The van der Waals surface area contributed by atoms with E-state index >= 15 is 0 Å². The highest BCUT2D eigenvalue weighted by atomic mass is 16.4.